The van der Waals surface area contributed by atoms with Crippen molar-refractivity contribution in [3.8, 4) is 0 Å². The van der Waals surface area contributed by atoms with E-state index < -0.39 is 22.6 Å². The first kappa shape index (κ1) is 15.5. The first-order valence-electron chi connectivity index (χ1n) is 5.27. The quantitative estimate of drug-likeness (QED) is 0.748. The Hall–Kier alpha value is -0.890. The summed E-state index contributed by atoms with van der Waals surface area (Å²) in [5.74, 6) is 0. The van der Waals surface area contributed by atoms with Crippen LogP contribution < -0.4 is 0 Å². The van der Waals surface area contributed by atoms with E-state index in [0.29, 0.717) is 4.47 Å². The second-order valence-electron chi connectivity index (χ2n) is 3.79. The molecule has 0 heterocycles. The summed E-state index contributed by atoms with van der Waals surface area (Å²) >= 11 is 8.93. The topological polar surface area (TPSA) is 68.3 Å². The van der Waals surface area contributed by atoms with Crippen LogP contribution in [0, 0.1) is 0 Å². The molecule has 106 valence electrons. The molecule has 0 aliphatic carbocycles. The number of halogens is 2. The molecule has 0 saturated carbocycles. The van der Waals surface area contributed by atoms with Gasteiger partial charge in [-0.1, -0.05) is 39.7 Å². The third-order valence-electron chi connectivity index (χ3n) is 2.50. The summed E-state index contributed by atoms with van der Waals surface area (Å²) in [5.41, 5.74) is 0. The van der Waals surface area contributed by atoms with Crippen molar-refractivity contribution in [1.29, 1.82) is 0 Å². The second-order valence-corrected chi connectivity index (χ2v) is 10.5. The summed E-state index contributed by atoms with van der Waals surface area (Å²) in [5, 5.41) is -0.131. The monoisotopic (exact) mass is 394 g/mol. The fourth-order valence-corrected chi connectivity index (χ4v) is 6.09. The van der Waals surface area contributed by atoms with Gasteiger partial charge in [-0.2, -0.15) is 0 Å². The highest BCUT2D eigenvalue weighted by Gasteiger charge is 2.35. The van der Waals surface area contributed by atoms with Crippen molar-refractivity contribution in [2.75, 3.05) is 0 Å². The molecule has 0 atom stereocenters. The van der Waals surface area contributed by atoms with E-state index in [4.69, 9.17) is 11.6 Å². The summed E-state index contributed by atoms with van der Waals surface area (Å²) in [6.45, 7) is 0. The molecule has 0 fully saturated rings. The molecule has 2 aromatic carbocycles. The van der Waals surface area contributed by atoms with Gasteiger partial charge in [0.2, 0.25) is 0 Å². The summed E-state index contributed by atoms with van der Waals surface area (Å²) < 4.78 is 49.7. The van der Waals surface area contributed by atoms with E-state index in [2.05, 4.69) is 15.9 Å². The maximum atomic E-state index is 12.3. The molecular weight excluding hydrogens is 388 g/mol. The summed E-state index contributed by atoms with van der Waals surface area (Å²) in [4.78, 5) is -0.731. The lowest BCUT2D eigenvalue weighted by atomic mass is 10.4. The van der Waals surface area contributed by atoms with E-state index in [-0.39, 0.29) is 9.92 Å². The van der Waals surface area contributed by atoms with Gasteiger partial charge >= 0.3 is 0 Å². The molecule has 2 aromatic rings. The molecule has 0 aromatic heterocycles. The number of rotatable bonds is 3. The van der Waals surface area contributed by atoms with Gasteiger partial charge in [0.15, 0.2) is 0 Å². The lowest BCUT2D eigenvalue weighted by Gasteiger charge is -2.07. The minimum atomic E-state index is -4.61. The smallest absolute Gasteiger partial charge is 0.207 e. The zero-order valence-electron chi connectivity index (χ0n) is 9.82. The summed E-state index contributed by atoms with van der Waals surface area (Å²) in [6, 6.07) is 10.8. The van der Waals surface area contributed by atoms with E-state index in [1.54, 1.807) is 0 Å². The molecule has 0 unspecified atom stereocenters. The van der Waals surface area contributed by atoms with Crippen molar-refractivity contribution in [1.82, 2.24) is 0 Å². The largest absolute Gasteiger partial charge is 0.287 e. The Labute approximate surface area is 129 Å². The van der Waals surface area contributed by atoms with Gasteiger partial charge in [0.25, 0.3) is 17.7 Å². The van der Waals surface area contributed by atoms with Crippen LogP contribution in [0.3, 0.4) is 0 Å². The van der Waals surface area contributed by atoms with Gasteiger partial charge < -0.3 is 0 Å². The van der Waals surface area contributed by atoms with Crippen molar-refractivity contribution in [3.05, 3.63) is 58.0 Å². The molecule has 8 heteroatoms. The molecule has 0 aliphatic heterocycles. The molecular formula is C12H8BrClO4S2. The molecule has 2 rings (SSSR count). The molecule has 0 saturated heterocycles. The highest BCUT2D eigenvalue weighted by Crippen LogP contribution is 2.29. The second kappa shape index (κ2) is 5.48. The highest BCUT2D eigenvalue weighted by atomic mass is 79.9. The molecule has 0 N–H and O–H groups in total. The van der Waals surface area contributed by atoms with E-state index in [1.807, 2.05) is 0 Å². The first-order valence-corrected chi connectivity index (χ1v) is 9.92. The van der Waals surface area contributed by atoms with Crippen LogP contribution in [0.5, 0.6) is 0 Å². The molecule has 4 nitrogen and oxygen atoms in total. The average Bonchev–Trinajstić information content (AvgIpc) is 2.39. The normalized spacial score (nSPS) is 12.3. The van der Waals surface area contributed by atoms with E-state index in [0.717, 1.165) is 6.07 Å². The molecule has 0 radical (unpaired) electrons. The molecule has 0 bridgehead atoms. The Balaban J connectivity index is 2.65. The Morgan fingerprint density at radius 2 is 1.35 bits per heavy atom. The van der Waals surface area contributed by atoms with Gasteiger partial charge in [0.1, 0.15) is 4.90 Å². The van der Waals surface area contributed by atoms with E-state index in [1.165, 1.54) is 42.5 Å². The lowest BCUT2D eigenvalue weighted by Crippen LogP contribution is -2.16. The maximum Gasteiger partial charge on any atom is 0.287 e. The minimum Gasteiger partial charge on any atom is -0.207 e. The van der Waals surface area contributed by atoms with Crippen LogP contribution in [0.15, 0.2) is 62.8 Å². The Kier molecular flexibility index (Phi) is 4.24. The fourth-order valence-electron chi connectivity index (χ4n) is 1.49. The van der Waals surface area contributed by atoms with Crippen LogP contribution >= 0.6 is 27.5 Å². The lowest BCUT2D eigenvalue weighted by molar-refractivity contribution is 0.582. The number of benzene rings is 2. The van der Waals surface area contributed by atoms with Gasteiger partial charge in [-0.05, 0) is 36.4 Å². The van der Waals surface area contributed by atoms with Gasteiger partial charge in [-0.15, -0.1) is 0 Å². The van der Waals surface area contributed by atoms with Crippen molar-refractivity contribution in [2.45, 2.75) is 9.79 Å². The maximum absolute atomic E-state index is 12.3. The Bertz CT molecular complexity index is 843. The summed E-state index contributed by atoms with van der Waals surface area (Å²) in [7, 11) is -9.17. The predicted molar refractivity (Wildman–Crippen MR) is 80.0 cm³/mol. The van der Waals surface area contributed by atoms with Crippen LogP contribution in [-0.2, 0) is 17.7 Å². The van der Waals surface area contributed by atoms with E-state index >= 15 is 0 Å². The molecule has 20 heavy (non-hydrogen) atoms. The van der Waals surface area contributed by atoms with Crippen LogP contribution in [0.2, 0.25) is 5.02 Å². The molecule has 0 aliphatic rings. The van der Waals surface area contributed by atoms with E-state index in [9.17, 15) is 16.8 Å². The zero-order chi connectivity index (χ0) is 15.0. The van der Waals surface area contributed by atoms with Crippen molar-refractivity contribution in [2.24, 2.45) is 0 Å². The zero-order valence-corrected chi connectivity index (χ0v) is 13.8. The minimum absolute atomic E-state index is 0.131. The Morgan fingerprint density at radius 1 is 0.800 bits per heavy atom. The fraction of sp³-hybridized carbons (Fsp3) is 0. The van der Waals surface area contributed by atoms with Gasteiger partial charge in [0.05, 0.1) is 9.92 Å². The van der Waals surface area contributed by atoms with Crippen molar-refractivity contribution < 1.29 is 16.8 Å². The standard InChI is InChI=1S/C12H8BrClO4S2/c13-9-5-7-10(8-6-9)19(15,16)20(17,18)12-4-2-1-3-11(12)14/h1-8H. The summed E-state index contributed by atoms with van der Waals surface area (Å²) in [6.07, 6.45) is 0. The van der Waals surface area contributed by atoms with Crippen LogP contribution in [0.1, 0.15) is 0 Å². The third kappa shape index (κ3) is 2.63. The number of hydrogen-bond donors (Lipinski definition) is 0. The Morgan fingerprint density at radius 3 is 1.90 bits per heavy atom. The van der Waals surface area contributed by atoms with Gasteiger partial charge in [-0.25, -0.2) is 16.8 Å². The van der Waals surface area contributed by atoms with Gasteiger partial charge in [-0.3, -0.25) is 0 Å². The third-order valence-corrected chi connectivity index (χ3v) is 8.64. The van der Waals surface area contributed by atoms with Crippen LogP contribution in [0.4, 0.5) is 0 Å². The molecule has 0 amide bonds. The van der Waals surface area contributed by atoms with Crippen molar-refractivity contribution in [3.63, 3.8) is 0 Å². The van der Waals surface area contributed by atoms with Crippen LogP contribution in [0.25, 0.3) is 0 Å². The number of hydrogen-bond acceptors (Lipinski definition) is 4. The highest BCUT2D eigenvalue weighted by molar-refractivity contribution is 9.10. The van der Waals surface area contributed by atoms with Crippen LogP contribution in [-0.4, -0.2) is 16.8 Å². The first-order chi connectivity index (χ1) is 9.26. The van der Waals surface area contributed by atoms with Gasteiger partial charge in [0, 0.05) is 4.47 Å². The average molecular weight is 396 g/mol. The molecule has 0 spiro atoms. The predicted octanol–water partition coefficient (Wildman–Crippen LogP) is 3.27. The SMILES string of the molecule is O=S(=O)(c1ccc(Br)cc1)S(=O)(=O)c1ccccc1Cl. The van der Waals surface area contributed by atoms with Crippen molar-refractivity contribution >= 4 is 45.3 Å².